The Morgan fingerprint density at radius 1 is 1.09 bits per heavy atom. The quantitative estimate of drug-likeness (QED) is 0.268. The lowest BCUT2D eigenvalue weighted by Crippen LogP contribution is -2.28. The molecule has 0 saturated carbocycles. The second-order valence-electron chi connectivity index (χ2n) is 6.72. The summed E-state index contributed by atoms with van der Waals surface area (Å²) >= 11 is 0. The van der Waals surface area contributed by atoms with E-state index in [2.05, 4.69) is 4.18 Å². The minimum atomic E-state index is -5.88. The molecule has 7 nitrogen and oxygen atoms in total. The molecule has 0 aliphatic carbocycles. The van der Waals surface area contributed by atoms with E-state index in [9.17, 15) is 26.4 Å². The molecule has 0 saturated heterocycles. The van der Waals surface area contributed by atoms with Crippen molar-refractivity contribution in [3.63, 3.8) is 0 Å². The van der Waals surface area contributed by atoms with Gasteiger partial charge in [0.05, 0.1) is 18.4 Å². The third-order valence-electron chi connectivity index (χ3n) is 4.27. The van der Waals surface area contributed by atoms with E-state index >= 15 is 0 Å². The molecular formula is C21H19F3O7S. The van der Waals surface area contributed by atoms with Crippen LogP contribution in [0.2, 0.25) is 0 Å². The molecule has 1 heterocycles. The number of benzene rings is 2. The highest BCUT2D eigenvalue weighted by atomic mass is 32.2. The maximum atomic E-state index is 12.8. The van der Waals surface area contributed by atoms with Gasteiger partial charge in [0.25, 0.3) is 0 Å². The van der Waals surface area contributed by atoms with Gasteiger partial charge in [0, 0.05) is 5.56 Å². The van der Waals surface area contributed by atoms with Gasteiger partial charge in [-0.3, -0.25) is 4.79 Å². The highest BCUT2D eigenvalue weighted by Crippen LogP contribution is 2.35. The molecule has 0 aliphatic heterocycles. The van der Waals surface area contributed by atoms with Crippen LogP contribution >= 0.6 is 0 Å². The lowest BCUT2D eigenvalue weighted by Gasteiger charge is -2.13. The van der Waals surface area contributed by atoms with Gasteiger partial charge in [0.15, 0.2) is 5.75 Å². The van der Waals surface area contributed by atoms with Crippen molar-refractivity contribution in [3.05, 3.63) is 59.4 Å². The highest BCUT2D eigenvalue weighted by Gasteiger charge is 2.48. The molecule has 0 unspecified atom stereocenters. The largest absolute Gasteiger partial charge is 0.534 e. The van der Waals surface area contributed by atoms with Gasteiger partial charge in [-0.2, -0.15) is 21.6 Å². The average Bonchev–Trinajstić information content (AvgIpc) is 3.07. The molecule has 0 atom stereocenters. The van der Waals surface area contributed by atoms with Gasteiger partial charge >= 0.3 is 21.6 Å². The number of rotatable bonds is 8. The molecule has 2 aromatic carbocycles. The number of fused-ring (bicyclic) bond motifs is 1. The minimum absolute atomic E-state index is 0.0292. The number of esters is 1. The zero-order chi connectivity index (χ0) is 23.5. The molecule has 0 bridgehead atoms. The Morgan fingerprint density at radius 3 is 2.50 bits per heavy atom. The Morgan fingerprint density at radius 2 is 1.81 bits per heavy atom. The number of para-hydroxylation sites is 1. The Kier molecular flexibility index (Phi) is 6.68. The Hall–Kier alpha value is -3.21. The number of ether oxygens (including phenoxy) is 2. The van der Waals surface area contributed by atoms with Crippen molar-refractivity contribution >= 4 is 27.1 Å². The van der Waals surface area contributed by atoms with Crippen LogP contribution in [0.15, 0.2) is 46.9 Å². The lowest BCUT2D eigenvalue weighted by atomic mass is 10.1. The molecule has 11 heteroatoms. The van der Waals surface area contributed by atoms with Gasteiger partial charge in [-0.1, -0.05) is 18.2 Å². The summed E-state index contributed by atoms with van der Waals surface area (Å²) in [6.45, 7) is 3.32. The number of carbonyl (C=O) groups is 1. The number of furan rings is 1. The molecule has 3 rings (SSSR count). The predicted octanol–water partition coefficient (Wildman–Crippen LogP) is 4.65. The molecule has 0 aliphatic rings. The third-order valence-corrected chi connectivity index (χ3v) is 5.24. The first kappa shape index (κ1) is 23.5. The van der Waals surface area contributed by atoms with E-state index < -0.39 is 27.3 Å². The Balaban J connectivity index is 1.89. The van der Waals surface area contributed by atoms with Crippen molar-refractivity contribution in [1.29, 1.82) is 0 Å². The minimum Gasteiger partial charge on any atom is -0.489 e. The van der Waals surface area contributed by atoms with Crippen molar-refractivity contribution in [3.8, 4) is 11.5 Å². The Labute approximate surface area is 181 Å². The maximum Gasteiger partial charge on any atom is 0.534 e. The number of carbonyl (C=O) groups excluding carboxylic acids is 1. The fraction of sp³-hybridized carbons (Fsp3) is 0.286. The van der Waals surface area contributed by atoms with Crippen LogP contribution in [0.4, 0.5) is 13.2 Å². The molecule has 32 heavy (non-hydrogen) atoms. The van der Waals surface area contributed by atoms with Crippen LogP contribution in [0.25, 0.3) is 11.0 Å². The molecule has 0 fully saturated rings. The van der Waals surface area contributed by atoms with Crippen molar-refractivity contribution in [1.82, 2.24) is 0 Å². The van der Waals surface area contributed by atoms with Crippen LogP contribution in [0.3, 0.4) is 0 Å². The molecule has 0 spiro atoms. The summed E-state index contributed by atoms with van der Waals surface area (Å²) in [7, 11) is -5.88. The third kappa shape index (κ3) is 5.34. The Bertz CT molecular complexity index is 1230. The highest BCUT2D eigenvalue weighted by molar-refractivity contribution is 7.88. The number of hydrogen-bond donors (Lipinski definition) is 0. The van der Waals surface area contributed by atoms with Crippen molar-refractivity contribution in [2.24, 2.45) is 0 Å². The fourth-order valence-electron chi connectivity index (χ4n) is 2.93. The van der Waals surface area contributed by atoms with Crippen LogP contribution in [-0.2, 0) is 32.7 Å². The number of halogens is 3. The SMILES string of the molecule is CCOC(=O)Cc1ccccc1OCc1cc(OS(=O)(=O)C(F)(F)F)c2cc(C)oc2c1. The number of hydrogen-bond acceptors (Lipinski definition) is 7. The second-order valence-corrected chi connectivity index (χ2v) is 8.26. The monoisotopic (exact) mass is 472 g/mol. The van der Waals surface area contributed by atoms with E-state index in [1.165, 1.54) is 12.1 Å². The van der Waals surface area contributed by atoms with E-state index in [0.717, 1.165) is 6.07 Å². The first-order chi connectivity index (χ1) is 15.0. The maximum absolute atomic E-state index is 12.8. The normalized spacial score (nSPS) is 12.0. The number of aryl methyl sites for hydroxylation is 1. The summed E-state index contributed by atoms with van der Waals surface area (Å²) in [5, 5.41) is 0.0711. The summed E-state index contributed by atoms with van der Waals surface area (Å²) in [6, 6.07) is 10.7. The molecule has 3 aromatic rings. The molecule has 0 radical (unpaired) electrons. The standard InChI is InChI=1S/C21H19F3O7S/c1-3-28-20(25)11-15-6-4-5-7-17(15)29-12-14-9-18-16(8-13(2)30-18)19(10-14)31-32(26,27)21(22,23)24/h4-10H,3,11-12H2,1-2H3. The zero-order valence-corrected chi connectivity index (χ0v) is 17.9. The summed E-state index contributed by atoms with van der Waals surface area (Å²) in [6.07, 6.45) is -0.0292. The molecule has 0 amide bonds. The van der Waals surface area contributed by atoms with Crippen molar-refractivity contribution in [2.75, 3.05) is 6.61 Å². The van der Waals surface area contributed by atoms with Gasteiger partial charge in [0.2, 0.25) is 0 Å². The summed E-state index contributed by atoms with van der Waals surface area (Å²) in [5.74, 6) is -0.257. The lowest BCUT2D eigenvalue weighted by molar-refractivity contribution is -0.142. The van der Waals surface area contributed by atoms with E-state index in [0.29, 0.717) is 22.6 Å². The molecule has 0 N–H and O–H groups in total. The van der Waals surface area contributed by atoms with Crippen LogP contribution in [0, 0.1) is 6.92 Å². The molecular weight excluding hydrogens is 453 g/mol. The van der Waals surface area contributed by atoms with Crippen LogP contribution < -0.4 is 8.92 Å². The first-order valence-corrected chi connectivity index (χ1v) is 10.8. The van der Waals surface area contributed by atoms with E-state index in [1.807, 2.05) is 0 Å². The van der Waals surface area contributed by atoms with E-state index in [1.54, 1.807) is 38.1 Å². The van der Waals surface area contributed by atoms with Gasteiger partial charge in [-0.25, -0.2) is 0 Å². The first-order valence-electron chi connectivity index (χ1n) is 9.40. The van der Waals surface area contributed by atoms with Crippen molar-refractivity contribution in [2.45, 2.75) is 32.4 Å². The van der Waals surface area contributed by atoms with Crippen LogP contribution in [0.5, 0.6) is 11.5 Å². The van der Waals surface area contributed by atoms with Crippen LogP contribution in [-0.4, -0.2) is 26.5 Å². The van der Waals surface area contributed by atoms with E-state index in [-0.39, 0.29) is 30.6 Å². The van der Waals surface area contributed by atoms with Gasteiger partial charge in [-0.05, 0) is 43.7 Å². The van der Waals surface area contributed by atoms with Gasteiger partial charge < -0.3 is 18.1 Å². The van der Waals surface area contributed by atoms with Crippen LogP contribution in [0.1, 0.15) is 23.8 Å². The predicted molar refractivity (Wildman–Crippen MR) is 108 cm³/mol. The van der Waals surface area contributed by atoms with Gasteiger partial charge in [0.1, 0.15) is 23.7 Å². The topological polar surface area (TPSA) is 92.0 Å². The summed E-state index contributed by atoms with van der Waals surface area (Å²) in [4.78, 5) is 11.8. The summed E-state index contributed by atoms with van der Waals surface area (Å²) < 4.78 is 81.9. The second kappa shape index (κ2) is 9.11. The summed E-state index contributed by atoms with van der Waals surface area (Å²) in [5.41, 5.74) is -4.60. The van der Waals surface area contributed by atoms with Crippen molar-refractivity contribution < 1.29 is 44.5 Å². The van der Waals surface area contributed by atoms with E-state index in [4.69, 9.17) is 13.9 Å². The molecule has 172 valence electrons. The van der Waals surface area contributed by atoms with Gasteiger partial charge in [-0.15, -0.1) is 0 Å². The fourth-order valence-corrected chi connectivity index (χ4v) is 3.39. The number of alkyl halides is 3. The molecule has 1 aromatic heterocycles. The average molecular weight is 472 g/mol. The zero-order valence-electron chi connectivity index (χ0n) is 17.1. The smallest absolute Gasteiger partial charge is 0.489 e.